The zero-order valence-corrected chi connectivity index (χ0v) is 25.6. The minimum atomic E-state index is -0.739. The largest absolute Gasteiger partial charge is 0.394 e. The Balaban J connectivity index is 3.67. The van der Waals surface area contributed by atoms with Crippen LogP contribution in [0.3, 0.4) is 0 Å². The van der Waals surface area contributed by atoms with Crippen LogP contribution >= 0.6 is 0 Å². The van der Waals surface area contributed by atoms with E-state index in [0.717, 1.165) is 25.7 Å². The van der Waals surface area contributed by atoms with Gasteiger partial charge in [-0.25, -0.2) is 0 Å². The van der Waals surface area contributed by atoms with Gasteiger partial charge < -0.3 is 20.6 Å². The number of hydrogen-bond donors (Lipinski definition) is 4. The predicted octanol–water partition coefficient (Wildman–Crippen LogP) is 8.37. The second kappa shape index (κ2) is 29.3. The van der Waals surface area contributed by atoms with E-state index in [0.29, 0.717) is 12.8 Å². The molecule has 4 N–H and O–H groups in total. The maximum atomic E-state index is 12.3. The topological polar surface area (TPSA) is 89.8 Å². The number of aliphatic hydroxyl groups is 3. The van der Waals surface area contributed by atoms with Gasteiger partial charge in [-0.2, -0.15) is 0 Å². The molecular weight excluding hydrogens is 474 g/mol. The van der Waals surface area contributed by atoms with Gasteiger partial charge in [-0.1, -0.05) is 162 Å². The molecule has 228 valence electrons. The number of hydrogen-bond acceptors (Lipinski definition) is 4. The molecule has 0 saturated carbocycles. The van der Waals surface area contributed by atoms with Crippen molar-refractivity contribution in [3.8, 4) is 0 Å². The summed E-state index contributed by atoms with van der Waals surface area (Å²) in [5.74, 6) is -0.284. The van der Waals surface area contributed by atoms with Crippen LogP contribution in [-0.4, -0.2) is 46.1 Å². The minimum absolute atomic E-state index is 0.0414. The fraction of sp³-hybridized carbons (Fsp3) is 0.970. The van der Waals surface area contributed by atoms with Crippen LogP contribution in [0.5, 0.6) is 0 Å². The lowest BCUT2D eigenvalue weighted by Gasteiger charge is -2.23. The van der Waals surface area contributed by atoms with Crippen molar-refractivity contribution in [2.24, 2.45) is 0 Å². The second-order valence-electron chi connectivity index (χ2n) is 11.8. The highest BCUT2D eigenvalue weighted by molar-refractivity contribution is 5.76. The zero-order chi connectivity index (χ0) is 28.1. The Bertz CT molecular complexity index is 488. The van der Waals surface area contributed by atoms with Crippen LogP contribution in [0.4, 0.5) is 0 Å². The third-order valence-corrected chi connectivity index (χ3v) is 7.92. The Hall–Kier alpha value is -0.650. The molecule has 0 aromatic rings. The van der Waals surface area contributed by atoms with Gasteiger partial charge in [-0.15, -0.1) is 0 Å². The van der Waals surface area contributed by atoms with Crippen LogP contribution in [0.25, 0.3) is 0 Å². The third-order valence-electron chi connectivity index (χ3n) is 7.92. The predicted molar refractivity (Wildman–Crippen MR) is 162 cm³/mol. The number of nitrogens with one attached hydrogen (secondary N) is 1. The van der Waals surface area contributed by atoms with E-state index >= 15 is 0 Å². The first kappa shape index (κ1) is 37.4. The number of carbonyl (C=O) groups excluding carboxylic acids is 1. The van der Waals surface area contributed by atoms with Gasteiger partial charge in [-0.05, 0) is 12.8 Å². The van der Waals surface area contributed by atoms with E-state index in [4.69, 9.17) is 0 Å². The van der Waals surface area contributed by atoms with Crippen molar-refractivity contribution >= 4 is 5.91 Å². The molecule has 0 aliphatic carbocycles. The van der Waals surface area contributed by atoms with Gasteiger partial charge in [0.1, 0.15) is 0 Å². The summed E-state index contributed by atoms with van der Waals surface area (Å²) in [7, 11) is 0. The Morgan fingerprint density at radius 3 is 1.26 bits per heavy atom. The number of aliphatic hydroxyl groups excluding tert-OH is 3. The van der Waals surface area contributed by atoms with Gasteiger partial charge >= 0.3 is 0 Å². The molecule has 5 nitrogen and oxygen atoms in total. The lowest BCUT2D eigenvalue weighted by molar-refractivity contribution is -0.125. The van der Waals surface area contributed by atoms with E-state index < -0.39 is 18.2 Å². The van der Waals surface area contributed by atoms with Crippen molar-refractivity contribution < 1.29 is 20.1 Å². The van der Waals surface area contributed by atoms with Crippen LogP contribution < -0.4 is 5.32 Å². The van der Waals surface area contributed by atoms with Crippen molar-refractivity contribution in [1.29, 1.82) is 0 Å². The maximum absolute atomic E-state index is 12.3. The summed E-state index contributed by atoms with van der Waals surface area (Å²) in [6.07, 6.45) is 29.1. The van der Waals surface area contributed by atoms with E-state index in [1.54, 1.807) is 0 Å². The number of carbonyl (C=O) groups is 1. The first-order valence-electron chi connectivity index (χ1n) is 16.8. The van der Waals surface area contributed by atoms with E-state index in [9.17, 15) is 20.1 Å². The molecular formula is C33H67NO4. The number of rotatable bonds is 30. The third kappa shape index (κ3) is 25.6. The molecule has 0 aliphatic rings. The summed E-state index contributed by atoms with van der Waals surface area (Å²) >= 11 is 0. The molecule has 0 aromatic carbocycles. The molecule has 0 aliphatic heterocycles. The summed E-state index contributed by atoms with van der Waals surface area (Å²) in [5.41, 5.74) is 0. The summed E-state index contributed by atoms with van der Waals surface area (Å²) < 4.78 is 0. The first-order valence-corrected chi connectivity index (χ1v) is 16.8. The van der Waals surface area contributed by atoms with Crippen molar-refractivity contribution in [3.05, 3.63) is 0 Å². The average molecular weight is 542 g/mol. The molecule has 0 spiro atoms. The lowest BCUT2D eigenvalue weighted by atomic mass is 10.0. The lowest BCUT2D eigenvalue weighted by Crippen LogP contribution is -2.46. The van der Waals surface area contributed by atoms with Crippen LogP contribution in [0.2, 0.25) is 0 Å². The Morgan fingerprint density at radius 2 is 0.895 bits per heavy atom. The normalized spacial score (nSPS) is 13.9. The van der Waals surface area contributed by atoms with E-state index in [1.807, 2.05) is 0 Å². The summed E-state index contributed by atoms with van der Waals surface area (Å²) in [6, 6.07) is -0.648. The Labute approximate surface area is 237 Å². The van der Waals surface area contributed by atoms with Crippen LogP contribution in [0, 0.1) is 0 Å². The van der Waals surface area contributed by atoms with Gasteiger partial charge in [-0.3, -0.25) is 4.79 Å². The second-order valence-corrected chi connectivity index (χ2v) is 11.8. The standard InChI is InChI=1S/C33H67NO4/c1-3-5-7-9-11-13-14-15-16-17-19-20-22-24-26-30(36)28-33(38)34-31(29-35)32(37)27-25-23-21-18-12-10-8-6-4-2/h30-32,35-37H,3-29H2,1-2H3,(H,34,38). The summed E-state index contributed by atoms with van der Waals surface area (Å²) in [5, 5.41) is 33.0. The monoisotopic (exact) mass is 542 g/mol. The highest BCUT2D eigenvalue weighted by Gasteiger charge is 2.21. The minimum Gasteiger partial charge on any atom is -0.394 e. The zero-order valence-electron chi connectivity index (χ0n) is 25.6. The van der Waals surface area contributed by atoms with Gasteiger partial charge in [0.15, 0.2) is 0 Å². The van der Waals surface area contributed by atoms with E-state index in [1.165, 1.54) is 122 Å². The van der Waals surface area contributed by atoms with Crippen LogP contribution in [0.1, 0.15) is 181 Å². The summed E-state index contributed by atoms with van der Waals surface area (Å²) in [6.45, 7) is 4.22. The fourth-order valence-electron chi connectivity index (χ4n) is 5.29. The molecule has 0 rings (SSSR count). The fourth-order valence-corrected chi connectivity index (χ4v) is 5.29. The number of amides is 1. The quantitative estimate of drug-likeness (QED) is 0.0688. The van der Waals surface area contributed by atoms with Crippen LogP contribution in [-0.2, 0) is 4.79 Å². The molecule has 0 aromatic heterocycles. The highest BCUT2D eigenvalue weighted by atomic mass is 16.3. The van der Waals surface area contributed by atoms with Crippen molar-refractivity contribution in [3.63, 3.8) is 0 Å². The molecule has 0 fully saturated rings. The van der Waals surface area contributed by atoms with E-state index in [2.05, 4.69) is 19.2 Å². The molecule has 5 heteroatoms. The van der Waals surface area contributed by atoms with Crippen molar-refractivity contribution in [2.75, 3.05) is 6.61 Å². The molecule has 0 bridgehead atoms. The highest BCUT2D eigenvalue weighted by Crippen LogP contribution is 2.15. The van der Waals surface area contributed by atoms with E-state index in [-0.39, 0.29) is 18.9 Å². The number of unbranched alkanes of at least 4 members (excludes halogenated alkanes) is 21. The molecule has 3 atom stereocenters. The molecule has 38 heavy (non-hydrogen) atoms. The average Bonchev–Trinajstić information content (AvgIpc) is 2.90. The molecule has 3 unspecified atom stereocenters. The van der Waals surface area contributed by atoms with Gasteiger partial charge in [0, 0.05) is 0 Å². The van der Waals surface area contributed by atoms with Gasteiger partial charge in [0.2, 0.25) is 5.91 Å². The first-order chi connectivity index (χ1) is 18.5. The van der Waals surface area contributed by atoms with Gasteiger partial charge in [0.25, 0.3) is 0 Å². The van der Waals surface area contributed by atoms with Crippen molar-refractivity contribution in [1.82, 2.24) is 5.32 Å². The van der Waals surface area contributed by atoms with Crippen molar-refractivity contribution in [2.45, 2.75) is 199 Å². The molecule has 0 radical (unpaired) electrons. The summed E-state index contributed by atoms with van der Waals surface area (Å²) in [4.78, 5) is 12.3. The Morgan fingerprint density at radius 1 is 0.553 bits per heavy atom. The maximum Gasteiger partial charge on any atom is 0.222 e. The smallest absolute Gasteiger partial charge is 0.222 e. The molecule has 0 heterocycles. The molecule has 0 saturated heterocycles. The van der Waals surface area contributed by atoms with Crippen LogP contribution in [0.15, 0.2) is 0 Å². The van der Waals surface area contributed by atoms with Gasteiger partial charge in [0.05, 0.1) is 31.3 Å². The molecule has 1 amide bonds. The SMILES string of the molecule is CCCCCCCCCCCCCCCCC(O)CC(=O)NC(CO)C(O)CCCCCCCCCCC. The Kier molecular flexibility index (Phi) is 28.8.